The fourth-order valence-electron chi connectivity index (χ4n) is 2.77. The number of amides is 1. The van der Waals surface area contributed by atoms with Crippen LogP contribution in [-0.2, 0) is 11.2 Å². The maximum Gasteiger partial charge on any atom is 0.270 e. The van der Waals surface area contributed by atoms with Crippen molar-refractivity contribution in [3.63, 3.8) is 0 Å². The SMILES string of the molecule is O=C(NCC1CCCO1)c1cc(NCCc2ccc(Cl)cc2)ccn1. The number of hydrogen-bond acceptors (Lipinski definition) is 4. The first-order chi connectivity index (χ1) is 12.2. The molecular weight excluding hydrogens is 338 g/mol. The second-order valence-corrected chi connectivity index (χ2v) is 6.51. The van der Waals surface area contributed by atoms with E-state index < -0.39 is 0 Å². The third-order valence-corrected chi connectivity index (χ3v) is 4.41. The summed E-state index contributed by atoms with van der Waals surface area (Å²) >= 11 is 5.89. The Morgan fingerprint density at radius 1 is 1.28 bits per heavy atom. The zero-order valence-electron chi connectivity index (χ0n) is 14.0. The topological polar surface area (TPSA) is 63.2 Å². The van der Waals surface area contributed by atoms with Gasteiger partial charge in [0.2, 0.25) is 0 Å². The van der Waals surface area contributed by atoms with Gasteiger partial charge < -0.3 is 15.4 Å². The van der Waals surface area contributed by atoms with Gasteiger partial charge in [-0.25, -0.2) is 0 Å². The Hall–Kier alpha value is -2.11. The number of anilines is 1. The molecule has 1 aromatic carbocycles. The molecule has 0 aliphatic carbocycles. The molecule has 1 saturated heterocycles. The molecule has 1 aliphatic heterocycles. The van der Waals surface area contributed by atoms with Crippen LogP contribution in [0.1, 0.15) is 28.9 Å². The highest BCUT2D eigenvalue weighted by molar-refractivity contribution is 6.30. The molecule has 2 heterocycles. The average Bonchev–Trinajstić information content (AvgIpc) is 3.15. The second kappa shape index (κ2) is 8.83. The minimum absolute atomic E-state index is 0.129. The molecule has 1 aromatic heterocycles. The number of carbonyl (C=O) groups is 1. The van der Waals surface area contributed by atoms with Crippen LogP contribution in [0.2, 0.25) is 5.02 Å². The second-order valence-electron chi connectivity index (χ2n) is 6.08. The van der Waals surface area contributed by atoms with Crippen LogP contribution in [0.25, 0.3) is 0 Å². The van der Waals surface area contributed by atoms with E-state index in [1.165, 1.54) is 5.56 Å². The number of nitrogens with one attached hydrogen (secondary N) is 2. The molecule has 0 spiro atoms. The van der Waals surface area contributed by atoms with Crippen LogP contribution in [0.15, 0.2) is 42.6 Å². The minimum Gasteiger partial charge on any atom is -0.385 e. The van der Waals surface area contributed by atoms with Crippen molar-refractivity contribution >= 4 is 23.2 Å². The van der Waals surface area contributed by atoms with Crippen LogP contribution in [-0.4, -0.2) is 36.7 Å². The van der Waals surface area contributed by atoms with Gasteiger partial charge in [0, 0.05) is 36.6 Å². The number of carbonyl (C=O) groups excluding carboxylic acids is 1. The van der Waals surface area contributed by atoms with Gasteiger partial charge in [-0.2, -0.15) is 0 Å². The quantitative estimate of drug-likeness (QED) is 0.796. The summed E-state index contributed by atoms with van der Waals surface area (Å²) in [5, 5.41) is 6.95. The van der Waals surface area contributed by atoms with Gasteiger partial charge in [-0.3, -0.25) is 9.78 Å². The molecule has 0 bridgehead atoms. The van der Waals surface area contributed by atoms with Crippen LogP contribution in [0.4, 0.5) is 5.69 Å². The van der Waals surface area contributed by atoms with Crippen LogP contribution >= 0.6 is 11.6 Å². The van der Waals surface area contributed by atoms with E-state index in [2.05, 4.69) is 15.6 Å². The van der Waals surface area contributed by atoms with Crippen LogP contribution in [0.3, 0.4) is 0 Å². The first-order valence-electron chi connectivity index (χ1n) is 8.55. The van der Waals surface area contributed by atoms with Gasteiger partial charge in [0.25, 0.3) is 5.91 Å². The lowest BCUT2D eigenvalue weighted by molar-refractivity contribution is 0.0854. The predicted molar refractivity (Wildman–Crippen MR) is 99.2 cm³/mol. The number of ether oxygens (including phenoxy) is 1. The van der Waals surface area contributed by atoms with E-state index in [4.69, 9.17) is 16.3 Å². The van der Waals surface area contributed by atoms with E-state index >= 15 is 0 Å². The van der Waals surface area contributed by atoms with Gasteiger partial charge in [0.1, 0.15) is 5.69 Å². The van der Waals surface area contributed by atoms with Crippen molar-refractivity contribution < 1.29 is 9.53 Å². The minimum atomic E-state index is -0.170. The lowest BCUT2D eigenvalue weighted by Gasteiger charge is -2.11. The zero-order valence-corrected chi connectivity index (χ0v) is 14.8. The van der Waals surface area contributed by atoms with E-state index in [0.29, 0.717) is 12.2 Å². The zero-order chi connectivity index (χ0) is 17.5. The summed E-state index contributed by atoms with van der Waals surface area (Å²) in [4.78, 5) is 16.4. The molecule has 2 aromatic rings. The Morgan fingerprint density at radius 2 is 2.12 bits per heavy atom. The van der Waals surface area contributed by atoms with Crippen LogP contribution < -0.4 is 10.6 Å². The Kier molecular flexibility index (Phi) is 6.25. The number of hydrogen-bond donors (Lipinski definition) is 2. The first kappa shape index (κ1) is 17.7. The Labute approximate surface area is 152 Å². The highest BCUT2D eigenvalue weighted by Gasteiger charge is 2.17. The largest absolute Gasteiger partial charge is 0.385 e. The third-order valence-electron chi connectivity index (χ3n) is 4.16. The van der Waals surface area contributed by atoms with E-state index in [9.17, 15) is 4.79 Å². The van der Waals surface area contributed by atoms with Crippen LogP contribution in [0.5, 0.6) is 0 Å². The Bertz CT molecular complexity index is 700. The summed E-state index contributed by atoms with van der Waals surface area (Å²) in [7, 11) is 0. The molecule has 1 amide bonds. The van der Waals surface area contributed by atoms with Gasteiger partial charge >= 0.3 is 0 Å². The van der Waals surface area contributed by atoms with Crippen molar-refractivity contribution in [3.05, 3.63) is 58.9 Å². The molecule has 6 heteroatoms. The summed E-state index contributed by atoms with van der Waals surface area (Å²) in [6.07, 6.45) is 4.71. The molecule has 2 N–H and O–H groups in total. The predicted octanol–water partition coefficient (Wildman–Crippen LogP) is 3.30. The van der Waals surface area contributed by atoms with Gasteiger partial charge in [-0.05, 0) is 49.1 Å². The van der Waals surface area contributed by atoms with Crippen molar-refractivity contribution in [2.45, 2.75) is 25.4 Å². The lowest BCUT2D eigenvalue weighted by Crippen LogP contribution is -2.32. The molecule has 1 unspecified atom stereocenters. The van der Waals surface area contributed by atoms with E-state index in [1.807, 2.05) is 30.3 Å². The van der Waals surface area contributed by atoms with E-state index in [1.54, 1.807) is 12.3 Å². The number of aromatic nitrogens is 1. The third kappa shape index (κ3) is 5.44. The number of halogens is 1. The summed E-state index contributed by atoms with van der Waals surface area (Å²) < 4.78 is 5.51. The molecule has 25 heavy (non-hydrogen) atoms. The fourth-order valence-corrected chi connectivity index (χ4v) is 2.90. The number of nitrogens with zero attached hydrogens (tertiary/aromatic N) is 1. The summed E-state index contributed by atoms with van der Waals surface area (Å²) in [5.74, 6) is -0.170. The van der Waals surface area contributed by atoms with Crippen LogP contribution in [0, 0.1) is 0 Å². The maximum absolute atomic E-state index is 12.2. The summed E-state index contributed by atoms with van der Waals surface area (Å²) in [5.41, 5.74) is 2.50. The Balaban J connectivity index is 1.48. The molecule has 5 nitrogen and oxygen atoms in total. The van der Waals surface area contributed by atoms with Crippen molar-refractivity contribution in [1.29, 1.82) is 0 Å². The molecule has 3 rings (SSSR count). The smallest absolute Gasteiger partial charge is 0.270 e. The maximum atomic E-state index is 12.2. The normalized spacial score (nSPS) is 16.6. The van der Waals surface area contributed by atoms with E-state index in [0.717, 1.165) is 43.1 Å². The van der Waals surface area contributed by atoms with E-state index in [-0.39, 0.29) is 12.0 Å². The number of rotatable bonds is 7. The van der Waals surface area contributed by atoms with Gasteiger partial charge in [0.15, 0.2) is 0 Å². The van der Waals surface area contributed by atoms with Gasteiger partial charge in [-0.15, -0.1) is 0 Å². The molecule has 1 aliphatic rings. The highest BCUT2D eigenvalue weighted by atomic mass is 35.5. The standard InChI is InChI=1S/C19H22ClN3O2/c20-15-5-3-14(4-6-15)7-9-21-16-8-10-22-18(12-16)19(24)23-13-17-2-1-11-25-17/h3-6,8,10,12,17H,1-2,7,9,11,13H2,(H,21,22)(H,23,24). The molecule has 1 fully saturated rings. The molecule has 0 radical (unpaired) electrons. The van der Waals surface area contributed by atoms with Crippen molar-refractivity contribution in [1.82, 2.24) is 10.3 Å². The average molecular weight is 360 g/mol. The lowest BCUT2D eigenvalue weighted by atomic mass is 10.1. The van der Waals surface area contributed by atoms with Gasteiger partial charge in [0.05, 0.1) is 6.10 Å². The molecule has 0 saturated carbocycles. The Morgan fingerprint density at radius 3 is 2.88 bits per heavy atom. The number of benzene rings is 1. The van der Waals surface area contributed by atoms with Crippen molar-refractivity contribution in [2.24, 2.45) is 0 Å². The fraction of sp³-hybridized carbons (Fsp3) is 0.368. The summed E-state index contributed by atoms with van der Waals surface area (Å²) in [6, 6.07) is 11.4. The van der Waals surface area contributed by atoms with Crippen molar-refractivity contribution in [3.8, 4) is 0 Å². The molecule has 1 atom stereocenters. The highest BCUT2D eigenvalue weighted by Crippen LogP contribution is 2.13. The number of pyridine rings is 1. The van der Waals surface area contributed by atoms with Crippen molar-refractivity contribution in [2.75, 3.05) is 25.0 Å². The molecule has 132 valence electrons. The first-order valence-corrected chi connectivity index (χ1v) is 8.93. The van der Waals surface area contributed by atoms with Gasteiger partial charge in [-0.1, -0.05) is 23.7 Å². The summed E-state index contributed by atoms with van der Waals surface area (Å²) in [6.45, 7) is 2.09. The monoisotopic (exact) mass is 359 g/mol. The molecular formula is C19H22ClN3O2.